The van der Waals surface area contributed by atoms with E-state index in [1.54, 1.807) is 0 Å². The van der Waals surface area contributed by atoms with Crippen LogP contribution in [-0.4, -0.2) is 11.7 Å². The Morgan fingerprint density at radius 3 is 2.44 bits per heavy atom. The smallest absolute Gasteiger partial charge is 0.0461 e. The average molecular weight is 128 g/mol. The first kappa shape index (κ1) is 7.07. The van der Waals surface area contributed by atoms with Gasteiger partial charge in [0.25, 0.3) is 0 Å². The molecule has 0 aromatic heterocycles. The molecule has 1 nitrogen and oxygen atoms in total. The third kappa shape index (κ3) is 1.68. The second kappa shape index (κ2) is 3.21. The van der Waals surface area contributed by atoms with E-state index in [1.807, 2.05) is 0 Å². The summed E-state index contributed by atoms with van der Waals surface area (Å²) >= 11 is 0. The molecule has 0 aromatic carbocycles. The van der Waals surface area contributed by atoms with Gasteiger partial charge < -0.3 is 5.11 Å². The molecule has 0 aromatic rings. The van der Waals surface area contributed by atoms with Crippen molar-refractivity contribution >= 4 is 0 Å². The van der Waals surface area contributed by atoms with Gasteiger partial charge in [-0.05, 0) is 18.3 Å². The molecule has 1 rings (SSSR count). The van der Waals surface area contributed by atoms with Crippen LogP contribution in [0.5, 0.6) is 0 Å². The van der Waals surface area contributed by atoms with Gasteiger partial charge in [0, 0.05) is 6.61 Å². The van der Waals surface area contributed by atoms with Gasteiger partial charge in [0.05, 0.1) is 0 Å². The molecule has 1 unspecified atom stereocenters. The van der Waals surface area contributed by atoms with Crippen LogP contribution in [0.2, 0.25) is 0 Å². The molecule has 1 fully saturated rings. The lowest BCUT2D eigenvalue weighted by Gasteiger charge is -2.26. The van der Waals surface area contributed by atoms with Crippen LogP contribution in [-0.2, 0) is 0 Å². The highest BCUT2D eigenvalue weighted by molar-refractivity contribution is 4.70. The van der Waals surface area contributed by atoms with E-state index < -0.39 is 0 Å². The fourth-order valence-corrected chi connectivity index (χ4v) is 1.66. The van der Waals surface area contributed by atoms with Crippen molar-refractivity contribution in [3.63, 3.8) is 0 Å². The minimum Gasteiger partial charge on any atom is -0.396 e. The predicted molar refractivity (Wildman–Crippen MR) is 38.2 cm³/mol. The van der Waals surface area contributed by atoms with Gasteiger partial charge in [0.15, 0.2) is 0 Å². The molecule has 1 N–H and O–H groups in total. The molecule has 0 radical (unpaired) electrons. The number of aliphatic hydroxyl groups excluding tert-OH is 1. The Morgan fingerprint density at radius 2 is 2.00 bits per heavy atom. The van der Waals surface area contributed by atoms with Crippen molar-refractivity contribution in [1.29, 1.82) is 0 Å². The number of hydrogen-bond donors (Lipinski definition) is 1. The molecular formula is C8H16O. The lowest BCUT2D eigenvalue weighted by molar-refractivity contribution is 0.144. The van der Waals surface area contributed by atoms with E-state index in [0.717, 1.165) is 5.92 Å². The number of hydrogen-bond acceptors (Lipinski definition) is 1. The van der Waals surface area contributed by atoms with Crippen molar-refractivity contribution in [1.82, 2.24) is 0 Å². The summed E-state index contributed by atoms with van der Waals surface area (Å²) in [4.78, 5) is 0. The second-order valence-corrected chi connectivity index (χ2v) is 3.20. The van der Waals surface area contributed by atoms with Crippen LogP contribution in [0, 0.1) is 11.8 Å². The molecule has 0 bridgehead atoms. The van der Waals surface area contributed by atoms with Crippen LogP contribution in [0.4, 0.5) is 0 Å². The summed E-state index contributed by atoms with van der Waals surface area (Å²) in [5.41, 5.74) is 0. The average Bonchev–Trinajstić information content (AvgIpc) is 1.89. The van der Waals surface area contributed by atoms with E-state index in [9.17, 15) is 0 Å². The van der Waals surface area contributed by atoms with E-state index in [2.05, 4.69) is 6.92 Å². The van der Waals surface area contributed by atoms with Crippen molar-refractivity contribution in [2.75, 3.05) is 6.61 Å². The molecule has 0 amide bonds. The molecule has 1 aliphatic rings. The molecular weight excluding hydrogens is 112 g/mol. The highest BCUT2D eigenvalue weighted by Crippen LogP contribution is 2.28. The van der Waals surface area contributed by atoms with E-state index >= 15 is 0 Å². The van der Waals surface area contributed by atoms with Crippen LogP contribution in [0.25, 0.3) is 0 Å². The Bertz CT molecular complexity index is 80.6. The summed E-state index contributed by atoms with van der Waals surface area (Å²) in [7, 11) is 0. The number of rotatable bonds is 1. The fraction of sp³-hybridized carbons (Fsp3) is 1.00. The summed E-state index contributed by atoms with van der Waals surface area (Å²) in [6, 6.07) is 0. The summed E-state index contributed by atoms with van der Waals surface area (Å²) < 4.78 is 0. The molecule has 0 spiro atoms. The van der Waals surface area contributed by atoms with E-state index in [1.165, 1.54) is 25.7 Å². The van der Waals surface area contributed by atoms with Crippen molar-refractivity contribution < 1.29 is 5.11 Å². The standard InChI is InChI=1S/C8H16O/c1-7-4-2-3-5-8(7)6-9/h7-9H,2-6H2,1H3/t7?,8-/m0/s1. The van der Waals surface area contributed by atoms with Gasteiger partial charge in [-0.1, -0.05) is 26.2 Å². The van der Waals surface area contributed by atoms with Gasteiger partial charge in [-0.2, -0.15) is 0 Å². The van der Waals surface area contributed by atoms with Crippen LogP contribution in [0.1, 0.15) is 32.6 Å². The van der Waals surface area contributed by atoms with Gasteiger partial charge in [0.1, 0.15) is 0 Å². The van der Waals surface area contributed by atoms with E-state index in [0.29, 0.717) is 12.5 Å². The molecule has 9 heavy (non-hydrogen) atoms. The first-order valence-corrected chi connectivity index (χ1v) is 3.95. The third-order valence-electron chi connectivity index (χ3n) is 2.52. The zero-order chi connectivity index (χ0) is 6.69. The Hall–Kier alpha value is -0.0400. The molecule has 0 heterocycles. The topological polar surface area (TPSA) is 20.2 Å². The van der Waals surface area contributed by atoms with Crippen molar-refractivity contribution in [2.24, 2.45) is 11.8 Å². The Kier molecular flexibility index (Phi) is 2.52. The SMILES string of the molecule is CC1CCCC[C@H]1CO. The van der Waals surface area contributed by atoms with Crippen LogP contribution >= 0.6 is 0 Å². The van der Waals surface area contributed by atoms with Gasteiger partial charge in [0.2, 0.25) is 0 Å². The van der Waals surface area contributed by atoms with Gasteiger partial charge in [-0.25, -0.2) is 0 Å². The lowest BCUT2D eigenvalue weighted by Crippen LogP contribution is -2.19. The fourth-order valence-electron chi connectivity index (χ4n) is 1.66. The summed E-state index contributed by atoms with van der Waals surface area (Å²) in [5.74, 6) is 1.38. The maximum absolute atomic E-state index is 8.86. The Labute approximate surface area is 57.1 Å². The van der Waals surface area contributed by atoms with Crippen LogP contribution in [0.15, 0.2) is 0 Å². The maximum atomic E-state index is 8.86. The largest absolute Gasteiger partial charge is 0.396 e. The molecule has 1 saturated carbocycles. The van der Waals surface area contributed by atoms with Crippen molar-refractivity contribution in [3.05, 3.63) is 0 Å². The summed E-state index contributed by atoms with van der Waals surface area (Å²) in [5, 5.41) is 8.86. The van der Waals surface area contributed by atoms with Crippen molar-refractivity contribution in [3.8, 4) is 0 Å². The third-order valence-corrected chi connectivity index (χ3v) is 2.52. The zero-order valence-corrected chi connectivity index (χ0v) is 6.14. The monoisotopic (exact) mass is 128 g/mol. The molecule has 2 atom stereocenters. The number of aliphatic hydroxyl groups is 1. The quantitative estimate of drug-likeness (QED) is 0.571. The Balaban J connectivity index is 2.30. The van der Waals surface area contributed by atoms with Crippen LogP contribution in [0.3, 0.4) is 0 Å². The van der Waals surface area contributed by atoms with Gasteiger partial charge in [-0.15, -0.1) is 0 Å². The molecule has 0 aliphatic heterocycles. The lowest BCUT2D eigenvalue weighted by atomic mass is 9.81. The minimum absolute atomic E-state index is 0.404. The molecule has 0 saturated heterocycles. The first-order valence-electron chi connectivity index (χ1n) is 3.95. The van der Waals surface area contributed by atoms with Crippen LogP contribution < -0.4 is 0 Å². The van der Waals surface area contributed by atoms with E-state index in [-0.39, 0.29) is 0 Å². The molecule has 54 valence electrons. The molecule has 1 aliphatic carbocycles. The highest BCUT2D eigenvalue weighted by atomic mass is 16.3. The predicted octanol–water partition coefficient (Wildman–Crippen LogP) is 1.81. The van der Waals surface area contributed by atoms with Gasteiger partial charge >= 0.3 is 0 Å². The second-order valence-electron chi connectivity index (χ2n) is 3.20. The first-order chi connectivity index (χ1) is 4.34. The van der Waals surface area contributed by atoms with E-state index in [4.69, 9.17) is 5.11 Å². The molecule has 1 heteroatoms. The summed E-state index contributed by atoms with van der Waals surface area (Å²) in [6.45, 7) is 2.65. The maximum Gasteiger partial charge on any atom is 0.0461 e. The minimum atomic E-state index is 0.404. The highest BCUT2D eigenvalue weighted by Gasteiger charge is 2.19. The Morgan fingerprint density at radius 1 is 1.33 bits per heavy atom. The normalized spacial score (nSPS) is 36.7. The zero-order valence-electron chi connectivity index (χ0n) is 6.14. The summed E-state index contributed by atoms with van der Waals surface area (Å²) in [6.07, 6.45) is 5.27. The van der Waals surface area contributed by atoms with Gasteiger partial charge in [-0.3, -0.25) is 0 Å². The van der Waals surface area contributed by atoms with Crippen molar-refractivity contribution in [2.45, 2.75) is 32.6 Å².